The van der Waals surface area contributed by atoms with Crippen LogP contribution in [-0.2, 0) is 4.74 Å². The van der Waals surface area contributed by atoms with Gasteiger partial charge in [0.15, 0.2) is 0 Å². The van der Waals surface area contributed by atoms with Crippen molar-refractivity contribution in [3.05, 3.63) is 0 Å². The number of hydrogen-bond acceptors (Lipinski definition) is 3. The summed E-state index contributed by atoms with van der Waals surface area (Å²) < 4.78 is 5.21. The first-order chi connectivity index (χ1) is 11.1. The molecule has 1 unspecified atom stereocenters. The zero-order valence-corrected chi connectivity index (χ0v) is 15.0. The Morgan fingerprint density at radius 1 is 1.26 bits per heavy atom. The van der Waals surface area contributed by atoms with E-state index >= 15 is 0 Å². The number of aliphatic hydroxyl groups is 1. The van der Waals surface area contributed by atoms with Crippen LogP contribution < -0.4 is 10.6 Å². The Labute approximate surface area is 141 Å². The molecular weight excluding hydrogens is 292 g/mol. The van der Waals surface area contributed by atoms with Gasteiger partial charge in [-0.15, -0.1) is 0 Å². The van der Waals surface area contributed by atoms with Crippen molar-refractivity contribution in [1.82, 2.24) is 10.6 Å². The normalized spacial score (nSPS) is 17.3. The summed E-state index contributed by atoms with van der Waals surface area (Å²) >= 11 is 0. The quantitative estimate of drug-likeness (QED) is 0.455. The van der Waals surface area contributed by atoms with Gasteiger partial charge in [-0.3, -0.25) is 0 Å². The average molecular weight is 328 g/mol. The van der Waals surface area contributed by atoms with Crippen LogP contribution in [0, 0.1) is 5.92 Å². The van der Waals surface area contributed by atoms with E-state index in [2.05, 4.69) is 24.5 Å². The van der Waals surface area contributed by atoms with Gasteiger partial charge >= 0.3 is 6.03 Å². The van der Waals surface area contributed by atoms with Crippen molar-refractivity contribution < 1.29 is 14.6 Å². The fourth-order valence-electron chi connectivity index (χ4n) is 3.41. The Morgan fingerprint density at radius 2 is 2.04 bits per heavy atom. The molecule has 0 aromatic rings. The van der Waals surface area contributed by atoms with E-state index in [-0.39, 0.29) is 18.2 Å². The zero-order valence-electron chi connectivity index (χ0n) is 15.0. The van der Waals surface area contributed by atoms with E-state index in [1.807, 2.05) is 0 Å². The summed E-state index contributed by atoms with van der Waals surface area (Å²) in [5.74, 6) is 0.680. The topological polar surface area (TPSA) is 70.6 Å². The Hall–Kier alpha value is -0.810. The Kier molecular flexibility index (Phi) is 10.3. The molecular formula is C18H36N2O3. The molecule has 0 spiro atoms. The molecule has 136 valence electrons. The molecule has 2 amide bonds. The minimum Gasteiger partial charge on any atom is -0.394 e. The van der Waals surface area contributed by atoms with Crippen LogP contribution in [0.1, 0.15) is 71.6 Å². The first kappa shape index (κ1) is 20.2. The molecule has 1 fully saturated rings. The van der Waals surface area contributed by atoms with Gasteiger partial charge in [0.2, 0.25) is 0 Å². The molecule has 1 rings (SSSR count). The molecule has 0 saturated heterocycles. The first-order valence-corrected chi connectivity index (χ1v) is 9.36. The Balaban J connectivity index is 2.10. The van der Waals surface area contributed by atoms with Crippen LogP contribution in [-0.4, -0.2) is 43.0 Å². The van der Waals surface area contributed by atoms with Gasteiger partial charge in [0.25, 0.3) is 0 Å². The third kappa shape index (κ3) is 8.56. The van der Waals surface area contributed by atoms with E-state index in [1.54, 1.807) is 0 Å². The molecule has 0 bridgehead atoms. The van der Waals surface area contributed by atoms with Crippen molar-refractivity contribution >= 4 is 6.03 Å². The number of nitrogens with one attached hydrogen (secondary N) is 2. The molecule has 0 aromatic heterocycles. The number of aliphatic hydroxyl groups excluding tert-OH is 1. The molecule has 5 heteroatoms. The summed E-state index contributed by atoms with van der Waals surface area (Å²) in [4.78, 5) is 12.1. The van der Waals surface area contributed by atoms with Crippen LogP contribution in [0.3, 0.4) is 0 Å². The minimum absolute atomic E-state index is 0.00933. The predicted octanol–water partition coefficient (Wildman–Crippen LogP) is 3.21. The molecule has 1 saturated carbocycles. The van der Waals surface area contributed by atoms with Crippen LogP contribution >= 0.6 is 0 Å². The lowest BCUT2D eigenvalue weighted by molar-refractivity contribution is 0.0896. The smallest absolute Gasteiger partial charge is 0.315 e. The molecule has 5 nitrogen and oxygen atoms in total. The number of carbonyl (C=O) groups is 1. The standard InChI is InChI=1S/C18H36N2O3/c1-3-8-16(2)15-18(9-7-10-18)20-17(22)19-11-5-4-6-13-23-14-12-21/h16,21H,3-15H2,1-2H3,(H2,19,20,22). The SMILES string of the molecule is CCCC(C)CC1(NC(=O)NCCCCCOCCO)CCC1. The van der Waals surface area contributed by atoms with Gasteiger partial charge < -0.3 is 20.5 Å². The second-order valence-electron chi connectivity index (χ2n) is 7.01. The van der Waals surface area contributed by atoms with Crippen LogP contribution in [0.25, 0.3) is 0 Å². The lowest BCUT2D eigenvalue weighted by atomic mass is 9.71. The summed E-state index contributed by atoms with van der Waals surface area (Å²) in [6.07, 6.45) is 10.0. The van der Waals surface area contributed by atoms with Crippen molar-refractivity contribution in [2.45, 2.75) is 77.2 Å². The summed E-state index contributed by atoms with van der Waals surface area (Å²) in [7, 11) is 0. The number of hydrogen-bond donors (Lipinski definition) is 3. The first-order valence-electron chi connectivity index (χ1n) is 9.36. The van der Waals surface area contributed by atoms with Crippen LogP contribution in [0.4, 0.5) is 4.79 Å². The fraction of sp³-hybridized carbons (Fsp3) is 0.944. The monoisotopic (exact) mass is 328 g/mol. The summed E-state index contributed by atoms with van der Waals surface area (Å²) in [5, 5.41) is 14.8. The number of carbonyl (C=O) groups excluding carboxylic acids is 1. The number of rotatable bonds is 13. The highest BCUT2D eigenvalue weighted by molar-refractivity contribution is 5.74. The second-order valence-corrected chi connectivity index (χ2v) is 7.01. The van der Waals surface area contributed by atoms with Gasteiger partial charge in [-0.1, -0.05) is 26.7 Å². The van der Waals surface area contributed by atoms with Gasteiger partial charge in [-0.2, -0.15) is 0 Å². The number of urea groups is 1. The van der Waals surface area contributed by atoms with Crippen molar-refractivity contribution in [2.24, 2.45) is 5.92 Å². The van der Waals surface area contributed by atoms with Crippen molar-refractivity contribution in [3.63, 3.8) is 0 Å². The largest absolute Gasteiger partial charge is 0.394 e. The van der Waals surface area contributed by atoms with Gasteiger partial charge in [0.1, 0.15) is 0 Å². The van der Waals surface area contributed by atoms with Crippen LogP contribution in [0.15, 0.2) is 0 Å². The molecule has 0 aliphatic heterocycles. The van der Waals surface area contributed by atoms with E-state index < -0.39 is 0 Å². The van der Waals surface area contributed by atoms with E-state index in [0.29, 0.717) is 25.7 Å². The fourth-order valence-corrected chi connectivity index (χ4v) is 3.41. The molecule has 0 heterocycles. The predicted molar refractivity (Wildman–Crippen MR) is 93.6 cm³/mol. The average Bonchev–Trinajstić information content (AvgIpc) is 2.48. The van der Waals surface area contributed by atoms with Crippen molar-refractivity contribution in [3.8, 4) is 0 Å². The Bertz CT molecular complexity index is 319. The van der Waals surface area contributed by atoms with Crippen molar-refractivity contribution in [2.75, 3.05) is 26.4 Å². The molecule has 1 aliphatic rings. The van der Waals surface area contributed by atoms with E-state index in [0.717, 1.165) is 38.5 Å². The van der Waals surface area contributed by atoms with Crippen LogP contribution in [0.2, 0.25) is 0 Å². The third-order valence-electron chi connectivity index (χ3n) is 4.70. The lowest BCUT2D eigenvalue weighted by Crippen LogP contribution is -2.57. The number of amides is 2. The maximum Gasteiger partial charge on any atom is 0.315 e. The van der Waals surface area contributed by atoms with Gasteiger partial charge in [0.05, 0.1) is 13.2 Å². The molecule has 1 atom stereocenters. The summed E-state index contributed by atoms with van der Waals surface area (Å²) in [5.41, 5.74) is 0.0524. The maximum absolute atomic E-state index is 12.1. The minimum atomic E-state index is -0.00933. The molecule has 0 radical (unpaired) electrons. The van der Waals surface area contributed by atoms with Gasteiger partial charge in [-0.25, -0.2) is 4.79 Å². The highest BCUT2D eigenvalue weighted by atomic mass is 16.5. The summed E-state index contributed by atoms with van der Waals surface area (Å²) in [6, 6.07) is -0.00933. The van der Waals surface area contributed by atoms with Gasteiger partial charge in [0, 0.05) is 18.7 Å². The van der Waals surface area contributed by atoms with Gasteiger partial charge in [-0.05, 0) is 50.9 Å². The number of ether oxygens (including phenoxy) is 1. The Morgan fingerprint density at radius 3 is 2.65 bits per heavy atom. The lowest BCUT2D eigenvalue weighted by Gasteiger charge is -2.44. The molecule has 3 N–H and O–H groups in total. The zero-order chi connectivity index (χ0) is 17.0. The van der Waals surface area contributed by atoms with Crippen molar-refractivity contribution in [1.29, 1.82) is 0 Å². The highest BCUT2D eigenvalue weighted by Gasteiger charge is 2.39. The molecule has 1 aliphatic carbocycles. The van der Waals surface area contributed by atoms with E-state index in [4.69, 9.17) is 9.84 Å². The van der Waals surface area contributed by atoms with E-state index in [1.165, 1.54) is 19.3 Å². The van der Waals surface area contributed by atoms with E-state index in [9.17, 15) is 4.79 Å². The molecule has 23 heavy (non-hydrogen) atoms. The van der Waals surface area contributed by atoms with Crippen LogP contribution in [0.5, 0.6) is 0 Å². The second kappa shape index (κ2) is 11.7. The summed E-state index contributed by atoms with van der Waals surface area (Å²) in [6.45, 7) is 6.41. The third-order valence-corrected chi connectivity index (χ3v) is 4.70. The molecule has 0 aromatic carbocycles. The number of unbranched alkanes of at least 4 members (excludes halogenated alkanes) is 2. The maximum atomic E-state index is 12.1. The highest BCUT2D eigenvalue weighted by Crippen LogP contribution is 2.38.